The third kappa shape index (κ3) is 6.84. The van der Waals surface area contributed by atoms with Crippen molar-refractivity contribution >= 4 is 49.6 Å². The average molecular weight is 310 g/mol. The Morgan fingerprint density at radius 1 is 1.63 bits per heavy atom. The highest BCUT2D eigenvalue weighted by Gasteiger charge is 2.16. The molecule has 1 aliphatic rings. The monoisotopic (exact) mass is 310 g/mol. The minimum Gasteiger partial charge on any atom is -0.482 e. The minimum atomic E-state index is -1.29. The molecule has 0 fully saturated rings. The zero-order valence-corrected chi connectivity index (χ0v) is 11.6. The van der Waals surface area contributed by atoms with Crippen LogP contribution in [0.2, 0.25) is 0 Å². The van der Waals surface area contributed by atoms with Gasteiger partial charge in [-0.25, -0.2) is 0 Å². The number of rotatable bonds is 3. The van der Waals surface area contributed by atoms with Crippen molar-refractivity contribution in [2.75, 3.05) is 13.7 Å². The molecule has 0 aromatic heterocycles. The molecule has 5 N–H and O–H groups in total. The van der Waals surface area contributed by atoms with Crippen molar-refractivity contribution in [3.05, 3.63) is 0 Å². The molecule has 0 aliphatic carbocycles. The van der Waals surface area contributed by atoms with Crippen LogP contribution in [0.25, 0.3) is 0 Å². The standard InChI is InChI=1S/C5H7NO2S2.C4H7NO4/c1-8-5(9)10-3-2-6-4(10)7;5-2(4(8)9)1-3(6)7/h3H,2H2,1H3,(H,6,7);2H,1,5H2,(H,6,7)(H,8,9)/t;2-/m.0/s1. The molecule has 1 amide bonds. The van der Waals surface area contributed by atoms with Gasteiger partial charge in [0, 0.05) is 6.54 Å². The van der Waals surface area contributed by atoms with E-state index in [0.29, 0.717) is 10.9 Å². The lowest BCUT2D eigenvalue weighted by Crippen LogP contribution is -2.32. The zero-order valence-electron chi connectivity index (χ0n) is 9.99. The Hall–Kier alpha value is -1.52. The van der Waals surface area contributed by atoms with Gasteiger partial charge in [-0.1, -0.05) is 0 Å². The molecule has 10 heteroatoms. The molecule has 1 heterocycles. The molecule has 19 heavy (non-hydrogen) atoms. The SMILES string of the molecule is COC(=S)S1=CCNC1=O.N[C@@H](CC(=O)O)C(=O)O. The summed E-state index contributed by atoms with van der Waals surface area (Å²) in [6, 6.07) is -1.29. The summed E-state index contributed by atoms with van der Waals surface area (Å²) in [5.41, 5.74) is 4.84. The predicted molar refractivity (Wildman–Crippen MR) is 74.5 cm³/mol. The molecular formula is C9H14N2O6S2. The number of nitrogens with two attached hydrogens (primary N) is 1. The number of carbonyl (C=O) groups excluding carboxylic acids is 1. The van der Waals surface area contributed by atoms with Gasteiger partial charge in [0.25, 0.3) is 5.24 Å². The molecule has 0 bridgehead atoms. The van der Waals surface area contributed by atoms with Crippen LogP contribution >= 0.6 is 22.7 Å². The quantitative estimate of drug-likeness (QED) is 0.516. The number of carboxylic acid groups (broad SMARTS) is 2. The van der Waals surface area contributed by atoms with Gasteiger partial charge in [0.1, 0.15) is 6.04 Å². The van der Waals surface area contributed by atoms with Crippen LogP contribution in [0.1, 0.15) is 6.42 Å². The second-order valence-corrected chi connectivity index (χ2v) is 5.55. The molecule has 0 aromatic rings. The number of hydrogen-bond acceptors (Lipinski definition) is 6. The summed E-state index contributed by atoms with van der Waals surface area (Å²) in [5.74, 6) is -2.50. The normalized spacial score (nSPS) is 18.2. The van der Waals surface area contributed by atoms with E-state index < -0.39 is 34.9 Å². The van der Waals surface area contributed by atoms with Gasteiger partial charge in [-0.3, -0.25) is 14.4 Å². The van der Waals surface area contributed by atoms with Gasteiger partial charge in [-0.2, -0.15) is 0 Å². The molecular weight excluding hydrogens is 296 g/mol. The third-order valence-corrected chi connectivity index (χ3v) is 4.03. The van der Waals surface area contributed by atoms with E-state index in [1.165, 1.54) is 7.11 Å². The highest BCUT2D eigenvalue weighted by molar-refractivity contribution is 8.43. The van der Waals surface area contributed by atoms with Crippen LogP contribution in [0.4, 0.5) is 4.79 Å². The smallest absolute Gasteiger partial charge is 0.321 e. The molecule has 2 atom stereocenters. The van der Waals surface area contributed by atoms with E-state index in [4.69, 9.17) is 32.9 Å². The first-order valence-corrected chi connectivity index (χ1v) is 6.61. The van der Waals surface area contributed by atoms with Gasteiger partial charge in [-0.05, 0) is 28.1 Å². The molecule has 0 saturated heterocycles. The van der Waals surface area contributed by atoms with Gasteiger partial charge in [0.2, 0.25) is 4.38 Å². The zero-order chi connectivity index (χ0) is 15.0. The van der Waals surface area contributed by atoms with Crippen LogP contribution in [-0.2, 0) is 14.3 Å². The van der Waals surface area contributed by atoms with E-state index in [1.54, 1.807) is 0 Å². The largest absolute Gasteiger partial charge is 0.482 e. The van der Waals surface area contributed by atoms with E-state index in [1.807, 2.05) is 5.37 Å². The van der Waals surface area contributed by atoms with Crippen molar-refractivity contribution in [2.45, 2.75) is 12.5 Å². The number of nitrogens with one attached hydrogen (secondary N) is 1. The molecule has 0 aromatic carbocycles. The summed E-state index contributed by atoms with van der Waals surface area (Å²) in [4.78, 5) is 30.5. The Balaban J connectivity index is 0.000000344. The first-order valence-electron chi connectivity index (χ1n) is 4.92. The van der Waals surface area contributed by atoms with Crippen LogP contribution in [0.3, 0.4) is 0 Å². The van der Waals surface area contributed by atoms with Crippen molar-refractivity contribution in [2.24, 2.45) is 5.73 Å². The van der Waals surface area contributed by atoms with Gasteiger partial charge in [0.05, 0.1) is 13.5 Å². The van der Waals surface area contributed by atoms with Crippen LogP contribution in [0, 0.1) is 0 Å². The van der Waals surface area contributed by atoms with Crippen LogP contribution in [0.15, 0.2) is 0 Å². The van der Waals surface area contributed by atoms with Gasteiger partial charge in [-0.15, -0.1) is 0 Å². The average Bonchev–Trinajstić information content (AvgIpc) is 2.74. The Labute approximate surface area is 116 Å². The number of methoxy groups -OCH3 is 1. The molecule has 0 radical (unpaired) electrons. The summed E-state index contributed by atoms with van der Waals surface area (Å²) in [5, 5.41) is 20.5. The fourth-order valence-electron chi connectivity index (χ4n) is 0.871. The summed E-state index contributed by atoms with van der Waals surface area (Å²) in [6.07, 6.45) is -0.532. The number of ether oxygens (including phenoxy) is 1. The van der Waals surface area contributed by atoms with Crippen molar-refractivity contribution < 1.29 is 29.3 Å². The fourth-order valence-corrected chi connectivity index (χ4v) is 2.41. The highest BCUT2D eigenvalue weighted by atomic mass is 32.2. The Bertz CT molecular complexity index is 423. The number of hydrogen-bond donors (Lipinski definition) is 4. The second kappa shape index (κ2) is 8.56. The molecule has 1 unspecified atom stereocenters. The van der Waals surface area contributed by atoms with Gasteiger partial charge < -0.3 is 26.0 Å². The second-order valence-electron chi connectivity index (χ2n) is 3.17. The summed E-state index contributed by atoms with van der Waals surface area (Å²) in [6.45, 7) is 0.603. The molecule has 1 rings (SSSR count). The van der Waals surface area contributed by atoms with Crippen molar-refractivity contribution in [3.8, 4) is 0 Å². The van der Waals surface area contributed by atoms with Gasteiger partial charge >= 0.3 is 11.9 Å². The molecule has 0 spiro atoms. The molecule has 8 nitrogen and oxygen atoms in total. The van der Waals surface area contributed by atoms with Crippen LogP contribution in [0.5, 0.6) is 0 Å². The fraction of sp³-hybridized carbons (Fsp3) is 0.444. The summed E-state index contributed by atoms with van der Waals surface area (Å²) < 4.78 is 5.13. The number of thiocarbonyl (C=S) groups is 1. The Morgan fingerprint density at radius 2 is 2.21 bits per heavy atom. The number of carboxylic acids is 2. The highest BCUT2D eigenvalue weighted by Crippen LogP contribution is 2.18. The van der Waals surface area contributed by atoms with E-state index in [0.717, 1.165) is 0 Å². The lowest BCUT2D eigenvalue weighted by atomic mass is 10.2. The number of aliphatic carboxylic acids is 2. The lowest BCUT2D eigenvalue weighted by molar-refractivity contribution is -0.144. The summed E-state index contributed by atoms with van der Waals surface area (Å²) >= 11 is 4.79. The number of amides is 1. The van der Waals surface area contributed by atoms with Gasteiger partial charge in [0.15, 0.2) is 0 Å². The molecule has 108 valence electrons. The maximum absolute atomic E-state index is 10.9. The van der Waals surface area contributed by atoms with Crippen molar-refractivity contribution in [1.29, 1.82) is 0 Å². The topological polar surface area (TPSA) is 139 Å². The minimum absolute atomic E-state index is 0.0353. The predicted octanol–water partition coefficient (Wildman–Crippen LogP) is -0.415. The lowest BCUT2D eigenvalue weighted by Gasteiger charge is -2.00. The Kier molecular flexibility index (Phi) is 7.87. The number of carbonyl (C=O) groups is 3. The maximum Gasteiger partial charge on any atom is 0.321 e. The maximum atomic E-state index is 10.9. The van der Waals surface area contributed by atoms with E-state index in [9.17, 15) is 14.4 Å². The van der Waals surface area contributed by atoms with Crippen LogP contribution in [-0.4, -0.2) is 56.8 Å². The van der Waals surface area contributed by atoms with E-state index >= 15 is 0 Å². The van der Waals surface area contributed by atoms with Crippen LogP contribution < -0.4 is 11.1 Å². The molecule has 0 saturated carbocycles. The molecule has 1 aliphatic heterocycles. The first-order chi connectivity index (χ1) is 8.79. The van der Waals surface area contributed by atoms with Crippen molar-refractivity contribution in [3.63, 3.8) is 0 Å². The summed E-state index contributed by atoms with van der Waals surface area (Å²) in [7, 11) is 0.898. The first kappa shape index (κ1) is 17.5. The van der Waals surface area contributed by atoms with E-state index in [-0.39, 0.29) is 5.24 Å². The Morgan fingerprint density at radius 3 is 2.47 bits per heavy atom. The van der Waals surface area contributed by atoms with Crippen molar-refractivity contribution in [1.82, 2.24) is 5.32 Å². The van der Waals surface area contributed by atoms with E-state index in [2.05, 4.69) is 5.32 Å². The third-order valence-electron chi connectivity index (χ3n) is 1.75.